The Kier molecular flexibility index (Phi) is 15.8. The van der Waals surface area contributed by atoms with Gasteiger partial charge in [0.15, 0.2) is 0 Å². The first kappa shape index (κ1) is 31.1. The van der Waals surface area contributed by atoms with Crippen LogP contribution >= 0.6 is 7.60 Å². The fourth-order valence-electron chi connectivity index (χ4n) is 5.03. The molecule has 0 aliphatic heterocycles. The van der Waals surface area contributed by atoms with E-state index in [0.717, 1.165) is 64.3 Å². The zero-order valence-electron chi connectivity index (χ0n) is 23.2. The highest BCUT2D eigenvalue weighted by Crippen LogP contribution is 2.65. The monoisotopic (exact) mass is 487 g/mol. The Labute approximate surface area is 207 Å². The molecule has 0 amide bonds. The van der Waals surface area contributed by atoms with Crippen LogP contribution in [-0.4, -0.2) is 25.0 Å². The van der Waals surface area contributed by atoms with E-state index in [9.17, 15) is 4.57 Å². The largest absolute Gasteiger partial charge is 0.350 e. The molecule has 0 bridgehead atoms. The first-order chi connectivity index (χ1) is 15.7. The molecule has 0 aromatic rings. The van der Waals surface area contributed by atoms with Crippen molar-refractivity contribution in [3.63, 3.8) is 0 Å². The van der Waals surface area contributed by atoms with E-state index in [2.05, 4.69) is 46.9 Å². The molecule has 1 aliphatic rings. The molecular weight excluding hydrogens is 429 g/mol. The van der Waals surface area contributed by atoms with Gasteiger partial charge in [0.1, 0.15) is 5.28 Å². The third-order valence-corrected chi connectivity index (χ3v) is 10.3. The van der Waals surface area contributed by atoms with E-state index in [0.29, 0.717) is 24.5 Å². The lowest BCUT2D eigenvalue weighted by atomic mass is 9.71. The standard InChI is InChI=1S/C28H58NO3P/c1-7-10-13-14-15-16-17-18-23-29-28(21-19-26(20-22-28)27(4,5)6)33(30,31-24-11-8-2)32-25-12-9-3/h26,29H,7-25H2,1-6H3. The molecule has 0 spiro atoms. The van der Waals surface area contributed by atoms with Gasteiger partial charge in [0, 0.05) is 0 Å². The average Bonchev–Trinajstić information content (AvgIpc) is 2.78. The van der Waals surface area contributed by atoms with Gasteiger partial charge in [-0.05, 0) is 62.8 Å². The lowest BCUT2D eigenvalue weighted by molar-refractivity contribution is 0.110. The molecule has 1 N–H and O–H groups in total. The second kappa shape index (κ2) is 16.7. The number of hydrogen-bond donors (Lipinski definition) is 1. The molecule has 4 nitrogen and oxygen atoms in total. The van der Waals surface area contributed by atoms with Gasteiger partial charge in [-0.15, -0.1) is 0 Å². The zero-order chi connectivity index (χ0) is 24.6. The summed E-state index contributed by atoms with van der Waals surface area (Å²) in [6.07, 6.45) is 18.4. The topological polar surface area (TPSA) is 47.6 Å². The summed E-state index contributed by atoms with van der Waals surface area (Å²) in [5.74, 6) is 0.662. The zero-order valence-corrected chi connectivity index (χ0v) is 24.1. The molecule has 198 valence electrons. The SMILES string of the molecule is CCCCCCCCCCNC1(P(=O)(OCCCC)OCCCC)CCC(C(C)(C)C)CC1. The van der Waals surface area contributed by atoms with E-state index in [4.69, 9.17) is 9.05 Å². The molecule has 0 atom stereocenters. The summed E-state index contributed by atoms with van der Waals surface area (Å²) in [4.78, 5) is 0. The van der Waals surface area contributed by atoms with E-state index in [1.54, 1.807) is 0 Å². The summed E-state index contributed by atoms with van der Waals surface area (Å²) in [6.45, 7) is 15.6. The summed E-state index contributed by atoms with van der Waals surface area (Å²) >= 11 is 0. The molecule has 1 aliphatic carbocycles. The maximum absolute atomic E-state index is 14.4. The quantitative estimate of drug-likeness (QED) is 0.146. The minimum atomic E-state index is -3.25. The molecule has 0 unspecified atom stereocenters. The van der Waals surface area contributed by atoms with Gasteiger partial charge in [-0.1, -0.05) is 99.3 Å². The summed E-state index contributed by atoms with van der Waals surface area (Å²) in [5.41, 5.74) is 0.292. The molecule has 5 heteroatoms. The van der Waals surface area contributed by atoms with Crippen molar-refractivity contribution in [2.75, 3.05) is 19.8 Å². The van der Waals surface area contributed by atoms with Crippen molar-refractivity contribution in [2.45, 2.75) is 150 Å². The molecule has 1 saturated carbocycles. The van der Waals surface area contributed by atoms with Crippen LogP contribution in [0.15, 0.2) is 0 Å². The molecule has 0 heterocycles. The maximum atomic E-state index is 14.4. The van der Waals surface area contributed by atoms with Crippen molar-refractivity contribution in [3.8, 4) is 0 Å². The molecule has 0 radical (unpaired) electrons. The molecule has 0 aromatic heterocycles. The molecule has 1 rings (SSSR count). The van der Waals surface area contributed by atoms with Gasteiger partial charge >= 0.3 is 7.60 Å². The minimum absolute atomic E-state index is 0.292. The number of nitrogens with one attached hydrogen (secondary N) is 1. The Morgan fingerprint density at radius 2 is 1.21 bits per heavy atom. The predicted molar refractivity (Wildman–Crippen MR) is 144 cm³/mol. The third-order valence-electron chi connectivity index (χ3n) is 7.56. The van der Waals surface area contributed by atoms with E-state index in [-0.39, 0.29) is 0 Å². The number of rotatable bonds is 19. The Balaban J connectivity index is 2.79. The Morgan fingerprint density at radius 3 is 1.67 bits per heavy atom. The van der Waals surface area contributed by atoms with E-state index in [1.807, 2.05) is 0 Å². The van der Waals surface area contributed by atoms with Crippen LogP contribution < -0.4 is 5.32 Å². The fraction of sp³-hybridized carbons (Fsp3) is 1.00. The van der Waals surface area contributed by atoms with Crippen LogP contribution in [0.3, 0.4) is 0 Å². The molecule has 33 heavy (non-hydrogen) atoms. The van der Waals surface area contributed by atoms with Crippen LogP contribution in [0.4, 0.5) is 0 Å². The van der Waals surface area contributed by atoms with Gasteiger partial charge in [-0.25, -0.2) is 0 Å². The maximum Gasteiger partial charge on any atom is 0.350 e. The highest BCUT2D eigenvalue weighted by Gasteiger charge is 2.53. The van der Waals surface area contributed by atoms with Gasteiger partial charge in [0.2, 0.25) is 0 Å². The van der Waals surface area contributed by atoms with Crippen molar-refractivity contribution in [3.05, 3.63) is 0 Å². The third kappa shape index (κ3) is 11.1. The summed E-state index contributed by atoms with van der Waals surface area (Å²) < 4.78 is 26.7. The van der Waals surface area contributed by atoms with Gasteiger partial charge in [0.05, 0.1) is 13.2 Å². The van der Waals surface area contributed by atoms with Crippen molar-refractivity contribution < 1.29 is 13.6 Å². The average molecular weight is 488 g/mol. The second-order valence-electron chi connectivity index (χ2n) is 11.4. The molecular formula is C28H58NO3P. The summed E-state index contributed by atoms with van der Waals surface area (Å²) in [6, 6.07) is 0. The molecule has 0 aromatic carbocycles. The van der Waals surface area contributed by atoms with Crippen molar-refractivity contribution in [1.29, 1.82) is 0 Å². The van der Waals surface area contributed by atoms with E-state index >= 15 is 0 Å². The van der Waals surface area contributed by atoms with Gasteiger partial charge < -0.3 is 14.4 Å². The van der Waals surface area contributed by atoms with E-state index in [1.165, 1.54) is 44.9 Å². The minimum Gasteiger partial charge on any atom is -0.307 e. The van der Waals surface area contributed by atoms with Crippen molar-refractivity contribution >= 4 is 7.60 Å². The summed E-state index contributed by atoms with van der Waals surface area (Å²) in [5, 5.41) is 3.28. The first-order valence-corrected chi connectivity index (χ1v) is 15.9. The Morgan fingerprint density at radius 1 is 0.758 bits per heavy atom. The fourth-order valence-corrected chi connectivity index (χ4v) is 7.45. The van der Waals surface area contributed by atoms with Crippen LogP contribution in [0.1, 0.15) is 144 Å². The van der Waals surface area contributed by atoms with Crippen LogP contribution in [0.2, 0.25) is 0 Å². The van der Waals surface area contributed by atoms with Crippen molar-refractivity contribution in [2.24, 2.45) is 11.3 Å². The van der Waals surface area contributed by atoms with Crippen LogP contribution in [0.5, 0.6) is 0 Å². The Hall–Kier alpha value is 0.110. The van der Waals surface area contributed by atoms with E-state index < -0.39 is 12.9 Å². The van der Waals surface area contributed by atoms with Crippen LogP contribution in [-0.2, 0) is 13.6 Å². The van der Waals surface area contributed by atoms with Gasteiger partial charge in [-0.2, -0.15) is 0 Å². The van der Waals surface area contributed by atoms with Crippen LogP contribution in [0.25, 0.3) is 0 Å². The van der Waals surface area contributed by atoms with Gasteiger partial charge in [-0.3, -0.25) is 4.57 Å². The lowest BCUT2D eigenvalue weighted by Crippen LogP contribution is -2.50. The highest BCUT2D eigenvalue weighted by molar-refractivity contribution is 7.55. The summed E-state index contributed by atoms with van der Waals surface area (Å²) in [7, 11) is -3.25. The molecule has 1 fully saturated rings. The predicted octanol–water partition coefficient (Wildman–Crippen LogP) is 9.48. The van der Waals surface area contributed by atoms with Crippen LogP contribution in [0, 0.1) is 11.3 Å². The van der Waals surface area contributed by atoms with Gasteiger partial charge in [0.25, 0.3) is 0 Å². The number of hydrogen-bond acceptors (Lipinski definition) is 4. The highest BCUT2D eigenvalue weighted by atomic mass is 31.2. The second-order valence-corrected chi connectivity index (χ2v) is 13.8. The van der Waals surface area contributed by atoms with Crippen molar-refractivity contribution in [1.82, 2.24) is 5.32 Å². The number of unbranched alkanes of at least 4 members (excludes halogenated alkanes) is 9. The smallest absolute Gasteiger partial charge is 0.307 e. The lowest BCUT2D eigenvalue weighted by Gasteiger charge is -2.47. The molecule has 0 saturated heterocycles. The Bertz CT molecular complexity index is 510. The first-order valence-electron chi connectivity index (χ1n) is 14.4. The normalized spacial score (nSPS) is 22.1.